The van der Waals surface area contributed by atoms with E-state index in [0.717, 1.165) is 10.0 Å². The number of allylic oxidation sites excluding steroid dienone is 1. The SMILES string of the molecule is CC(Oc1ccc(C(=O)/C=C/c2cc3c(cc2Br)OCO3)cc1)C(=O)O. The molecule has 0 aromatic heterocycles. The fourth-order valence-electron chi connectivity index (χ4n) is 2.27. The molecule has 2 aromatic rings. The maximum Gasteiger partial charge on any atom is 0.344 e. The topological polar surface area (TPSA) is 82.1 Å². The first-order valence-corrected chi connectivity index (χ1v) is 8.54. The summed E-state index contributed by atoms with van der Waals surface area (Å²) in [5.41, 5.74) is 1.26. The minimum absolute atomic E-state index is 0.183. The summed E-state index contributed by atoms with van der Waals surface area (Å²) >= 11 is 3.44. The maximum atomic E-state index is 12.3. The maximum absolute atomic E-state index is 12.3. The third-order valence-electron chi connectivity index (χ3n) is 3.71. The first-order valence-electron chi connectivity index (χ1n) is 7.75. The van der Waals surface area contributed by atoms with Crippen molar-refractivity contribution in [2.45, 2.75) is 13.0 Å². The number of hydrogen-bond acceptors (Lipinski definition) is 5. The number of carbonyl (C=O) groups is 2. The second-order valence-electron chi connectivity index (χ2n) is 5.55. The Bertz CT molecular complexity index is 872. The molecule has 0 aliphatic carbocycles. The van der Waals surface area contributed by atoms with E-state index in [2.05, 4.69) is 15.9 Å². The minimum Gasteiger partial charge on any atom is -0.479 e. The van der Waals surface area contributed by atoms with Gasteiger partial charge in [0.05, 0.1) is 0 Å². The van der Waals surface area contributed by atoms with E-state index in [4.69, 9.17) is 19.3 Å². The molecule has 2 aromatic carbocycles. The molecule has 0 bridgehead atoms. The van der Waals surface area contributed by atoms with E-state index >= 15 is 0 Å². The molecule has 134 valence electrons. The molecule has 1 N–H and O–H groups in total. The highest BCUT2D eigenvalue weighted by Gasteiger charge is 2.16. The van der Waals surface area contributed by atoms with Crippen molar-refractivity contribution in [1.82, 2.24) is 0 Å². The lowest BCUT2D eigenvalue weighted by molar-refractivity contribution is -0.144. The smallest absolute Gasteiger partial charge is 0.344 e. The molecule has 1 aliphatic rings. The molecule has 26 heavy (non-hydrogen) atoms. The van der Waals surface area contributed by atoms with E-state index in [-0.39, 0.29) is 12.6 Å². The van der Waals surface area contributed by atoms with Gasteiger partial charge in [-0.15, -0.1) is 0 Å². The number of hydrogen-bond donors (Lipinski definition) is 1. The van der Waals surface area contributed by atoms with Crippen molar-refractivity contribution in [2.75, 3.05) is 6.79 Å². The van der Waals surface area contributed by atoms with Crippen LogP contribution in [0.25, 0.3) is 6.08 Å². The summed E-state index contributed by atoms with van der Waals surface area (Å²) < 4.78 is 16.6. The van der Waals surface area contributed by atoms with Crippen LogP contribution in [0.15, 0.2) is 46.9 Å². The number of ether oxygens (including phenoxy) is 3. The van der Waals surface area contributed by atoms with Crippen LogP contribution >= 0.6 is 15.9 Å². The van der Waals surface area contributed by atoms with Crippen LogP contribution < -0.4 is 14.2 Å². The highest BCUT2D eigenvalue weighted by molar-refractivity contribution is 9.10. The van der Waals surface area contributed by atoms with Crippen LogP contribution in [0.1, 0.15) is 22.8 Å². The number of ketones is 1. The van der Waals surface area contributed by atoms with E-state index in [1.807, 2.05) is 0 Å². The lowest BCUT2D eigenvalue weighted by atomic mass is 10.1. The average molecular weight is 419 g/mol. The van der Waals surface area contributed by atoms with Crippen molar-refractivity contribution in [3.63, 3.8) is 0 Å². The summed E-state index contributed by atoms with van der Waals surface area (Å²) in [6.07, 6.45) is 2.18. The Morgan fingerprint density at radius 3 is 2.50 bits per heavy atom. The monoisotopic (exact) mass is 418 g/mol. The number of carboxylic acid groups (broad SMARTS) is 1. The normalized spacial score (nSPS) is 13.6. The molecule has 0 radical (unpaired) electrons. The van der Waals surface area contributed by atoms with Gasteiger partial charge in [0.1, 0.15) is 5.75 Å². The van der Waals surface area contributed by atoms with Gasteiger partial charge in [0.15, 0.2) is 23.4 Å². The molecule has 1 atom stereocenters. The second-order valence-corrected chi connectivity index (χ2v) is 6.40. The van der Waals surface area contributed by atoms with E-state index in [1.165, 1.54) is 13.0 Å². The number of rotatable bonds is 6. The third kappa shape index (κ3) is 4.05. The summed E-state index contributed by atoms with van der Waals surface area (Å²) in [5.74, 6) is 0.439. The number of benzene rings is 2. The van der Waals surface area contributed by atoms with Gasteiger partial charge in [-0.1, -0.05) is 15.9 Å². The Kier molecular flexibility index (Phi) is 5.27. The van der Waals surface area contributed by atoms with Crippen molar-refractivity contribution in [3.05, 3.63) is 58.1 Å². The second kappa shape index (κ2) is 7.61. The molecule has 0 amide bonds. The van der Waals surface area contributed by atoms with Crippen LogP contribution in [-0.4, -0.2) is 29.8 Å². The number of aliphatic carboxylic acids is 1. The molecule has 0 fully saturated rings. The largest absolute Gasteiger partial charge is 0.479 e. The van der Waals surface area contributed by atoms with E-state index < -0.39 is 12.1 Å². The van der Waals surface area contributed by atoms with Gasteiger partial charge in [-0.25, -0.2) is 4.79 Å². The van der Waals surface area contributed by atoms with E-state index in [0.29, 0.717) is 22.8 Å². The van der Waals surface area contributed by atoms with E-state index in [9.17, 15) is 9.59 Å². The van der Waals surface area contributed by atoms with Gasteiger partial charge in [-0.2, -0.15) is 0 Å². The highest BCUT2D eigenvalue weighted by atomic mass is 79.9. The summed E-state index contributed by atoms with van der Waals surface area (Å²) in [7, 11) is 0. The standard InChI is InChI=1S/C19H15BrO6/c1-11(19(22)23)26-14-5-2-12(3-6-14)16(21)7-4-13-8-17-18(9-15(13)20)25-10-24-17/h2-9,11H,10H2,1H3,(H,22,23)/b7-4+. The van der Waals surface area contributed by atoms with Gasteiger partial charge in [0.2, 0.25) is 6.79 Å². The van der Waals surface area contributed by atoms with Crippen molar-refractivity contribution in [3.8, 4) is 17.2 Å². The molecular weight excluding hydrogens is 404 g/mol. The van der Waals surface area contributed by atoms with Gasteiger partial charge in [0.25, 0.3) is 0 Å². The zero-order valence-electron chi connectivity index (χ0n) is 13.8. The Hall–Kier alpha value is -2.80. The fraction of sp³-hybridized carbons (Fsp3) is 0.158. The predicted octanol–water partition coefficient (Wildman–Crippen LogP) is 3.93. The first-order chi connectivity index (χ1) is 12.4. The van der Waals surface area contributed by atoms with Gasteiger partial charge in [0, 0.05) is 10.0 Å². The highest BCUT2D eigenvalue weighted by Crippen LogP contribution is 2.37. The molecule has 1 aliphatic heterocycles. The zero-order chi connectivity index (χ0) is 18.7. The molecule has 1 heterocycles. The lowest BCUT2D eigenvalue weighted by Crippen LogP contribution is -2.22. The number of carbonyl (C=O) groups excluding carboxylic acids is 1. The van der Waals surface area contributed by atoms with Gasteiger partial charge in [-0.3, -0.25) is 4.79 Å². The van der Waals surface area contributed by atoms with Gasteiger partial charge < -0.3 is 19.3 Å². The number of halogens is 1. The zero-order valence-corrected chi connectivity index (χ0v) is 15.4. The van der Waals surface area contributed by atoms with Crippen LogP contribution in [0.3, 0.4) is 0 Å². The predicted molar refractivity (Wildman–Crippen MR) is 97.8 cm³/mol. The molecular formula is C19H15BrO6. The molecule has 3 rings (SSSR count). The summed E-state index contributed by atoms with van der Waals surface area (Å²) in [5, 5.41) is 8.84. The average Bonchev–Trinajstić information content (AvgIpc) is 3.07. The van der Waals surface area contributed by atoms with Crippen molar-refractivity contribution >= 4 is 33.8 Å². The van der Waals surface area contributed by atoms with Crippen LogP contribution in [0.5, 0.6) is 17.2 Å². The van der Waals surface area contributed by atoms with Crippen LogP contribution in [0, 0.1) is 0 Å². The summed E-state index contributed by atoms with van der Waals surface area (Å²) in [4.78, 5) is 23.1. The van der Waals surface area contributed by atoms with Crippen LogP contribution in [-0.2, 0) is 4.79 Å². The Balaban J connectivity index is 1.70. The van der Waals surface area contributed by atoms with E-state index in [1.54, 1.807) is 42.5 Å². The lowest BCUT2D eigenvalue weighted by Gasteiger charge is -2.10. The summed E-state index contributed by atoms with van der Waals surface area (Å²) in [6.45, 7) is 1.62. The Morgan fingerprint density at radius 1 is 1.19 bits per heavy atom. The Labute approximate surface area is 158 Å². The molecule has 1 unspecified atom stereocenters. The van der Waals surface area contributed by atoms with Gasteiger partial charge >= 0.3 is 5.97 Å². The van der Waals surface area contributed by atoms with Gasteiger partial charge in [-0.05, 0) is 61.0 Å². The molecule has 0 spiro atoms. The minimum atomic E-state index is -1.05. The molecule has 0 saturated carbocycles. The molecule has 7 heteroatoms. The quantitative estimate of drug-likeness (QED) is 0.565. The molecule has 6 nitrogen and oxygen atoms in total. The first kappa shape index (κ1) is 18.0. The summed E-state index contributed by atoms with van der Waals surface area (Å²) in [6, 6.07) is 9.90. The van der Waals surface area contributed by atoms with Crippen molar-refractivity contribution < 1.29 is 28.9 Å². The van der Waals surface area contributed by atoms with Crippen LogP contribution in [0.4, 0.5) is 0 Å². The van der Waals surface area contributed by atoms with Crippen molar-refractivity contribution in [1.29, 1.82) is 0 Å². The third-order valence-corrected chi connectivity index (χ3v) is 4.39. The Morgan fingerprint density at radius 2 is 1.85 bits per heavy atom. The van der Waals surface area contributed by atoms with Crippen molar-refractivity contribution in [2.24, 2.45) is 0 Å². The van der Waals surface area contributed by atoms with Crippen LogP contribution in [0.2, 0.25) is 0 Å². The molecule has 0 saturated heterocycles. The number of carboxylic acids is 1. The number of fused-ring (bicyclic) bond motifs is 1. The fourth-order valence-corrected chi connectivity index (χ4v) is 2.73.